The number of hydrogen-bond acceptors (Lipinski definition) is 2. The third-order valence-electron chi connectivity index (χ3n) is 1.60. The SMILES string of the molecule is O=CC(F)(F)C(F)(F)C(F)(F)C(F)(F)C(=O)Cl. The van der Waals surface area contributed by atoms with Crippen molar-refractivity contribution in [2.24, 2.45) is 0 Å². The maximum absolute atomic E-state index is 12.5. The van der Waals surface area contributed by atoms with Crippen LogP contribution in [0.3, 0.4) is 0 Å². The van der Waals surface area contributed by atoms with Gasteiger partial charge in [-0.3, -0.25) is 9.59 Å². The second-order valence-electron chi connectivity index (χ2n) is 2.74. The van der Waals surface area contributed by atoms with Gasteiger partial charge in [0.25, 0.3) is 5.24 Å². The molecule has 0 aromatic rings. The number of alkyl halides is 8. The summed E-state index contributed by atoms with van der Waals surface area (Å²) in [6.07, 6.45) is -1.93. The molecular formula is C6HClF8O2. The van der Waals surface area contributed by atoms with Crippen molar-refractivity contribution in [1.29, 1.82) is 0 Å². The van der Waals surface area contributed by atoms with E-state index >= 15 is 0 Å². The van der Waals surface area contributed by atoms with Crippen LogP contribution in [0.4, 0.5) is 35.1 Å². The van der Waals surface area contributed by atoms with Gasteiger partial charge in [-0.05, 0) is 11.6 Å². The van der Waals surface area contributed by atoms with Crippen molar-refractivity contribution in [3.8, 4) is 0 Å². The number of hydrogen-bond donors (Lipinski definition) is 0. The van der Waals surface area contributed by atoms with E-state index in [2.05, 4.69) is 11.6 Å². The van der Waals surface area contributed by atoms with Gasteiger partial charge in [0, 0.05) is 0 Å². The molecule has 0 saturated carbocycles. The highest BCUT2D eigenvalue weighted by molar-refractivity contribution is 6.65. The predicted molar refractivity (Wildman–Crippen MR) is 36.7 cm³/mol. The topological polar surface area (TPSA) is 34.1 Å². The molecular weight excluding hydrogens is 292 g/mol. The summed E-state index contributed by atoms with van der Waals surface area (Å²) in [5.41, 5.74) is 0. The van der Waals surface area contributed by atoms with Crippen molar-refractivity contribution in [3.63, 3.8) is 0 Å². The molecule has 0 atom stereocenters. The molecule has 0 aliphatic heterocycles. The van der Waals surface area contributed by atoms with E-state index in [0.29, 0.717) is 0 Å². The quantitative estimate of drug-likeness (QED) is 0.443. The molecule has 0 spiro atoms. The number of rotatable bonds is 5. The van der Waals surface area contributed by atoms with Crippen LogP contribution in [0.15, 0.2) is 0 Å². The van der Waals surface area contributed by atoms with Crippen molar-refractivity contribution in [2.75, 3.05) is 0 Å². The minimum Gasteiger partial charge on any atom is -0.296 e. The van der Waals surface area contributed by atoms with Gasteiger partial charge in [-0.2, -0.15) is 35.1 Å². The Hall–Kier alpha value is -0.930. The van der Waals surface area contributed by atoms with Crippen LogP contribution in [0.5, 0.6) is 0 Å². The van der Waals surface area contributed by atoms with Gasteiger partial charge in [-0.1, -0.05) is 0 Å². The van der Waals surface area contributed by atoms with E-state index in [4.69, 9.17) is 0 Å². The van der Waals surface area contributed by atoms with E-state index in [1.165, 1.54) is 0 Å². The third kappa shape index (κ3) is 2.09. The van der Waals surface area contributed by atoms with Gasteiger partial charge in [0.2, 0.25) is 0 Å². The van der Waals surface area contributed by atoms with Crippen LogP contribution in [-0.2, 0) is 9.59 Å². The third-order valence-corrected chi connectivity index (χ3v) is 1.84. The summed E-state index contributed by atoms with van der Waals surface area (Å²) in [4.78, 5) is 19.3. The Bertz CT molecular complexity index is 339. The van der Waals surface area contributed by atoms with Crippen molar-refractivity contribution in [2.45, 2.75) is 23.7 Å². The predicted octanol–water partition coefficient (Wildman–Crippen LogP) is 2.49. The second-order valence-corrected chi connectivity index (χ2v) is 3.08. The van der Waals surface area contributed by atoms with Crippen molar-refractivity contribution in [1.82, 2.24) is 0 Å². The van der Waals surface area contributed by atoms with Gasteiger partial charge in [-0.15, -0.1) is 0 Å². The summed E-state index contributed by atoms with van der Waals surface area (Å²) in [5, 5.41) is -3.26. The summed E-state index contributed by atoms with van der Waals surface area (Å²) in [6.45, 7) is 0. The van der Waals surface area contributed by atoms with E-state index in [1.807, 2.05) is 0 Å². The number of carbonyl (C=O) groups excluding carboxylic acids is 2. The van der Waals surface area contributed by atoms with Crippen molar-refractivity contribution >= 4 is 23.1 Å². The van der Waals surface area contributed by atoms with Crippen LogP contribution in [0, 0.1) is 0 Å². The van der Waals surface area contributed by atoms with E-state index in [-0.39, 0.29) is 0 Å². The first-order valence-corrected chi connectivity index (χ1v) is 3.81. The van der Waals surface area contributed by atoms with Gasteiger partial charge >= 0.3 is 23.7 Å². The molecule has 0 aromatic carbocycles. The maximum Gasteiger partial charge on any atom is 0.388 e. The molecule has 0 unspecified atom stereocenters. The molecule has 2 nitrogen and oxygen atoms in total. The summed E-state index contributed by atoms with van der Waals surface area (Å²) in [6, 6.07) is 0. The first kappa shape index (κ1) is 16.1. The molecule has 0 radical (unpaired) electrons. The zero-order valence-corrected chi connectivity index (χ0v) is 8.05. The zero-order valence-electron chi connectivity index (χ0n) is 7.30. The fourth-order valence-corrected chi connectivity index (χ4v) is 0.723. The lowest BCUT2D eigenvalue weighted by Gasteiger charge is -2.32. The standard InChI is InChI=1S/C6HClF8O2/c7-2(17)4(10,11)6(14,15)5(12,13)3(8,9)1-16/h1H. The van der Waals surface area contributed by atoms with Crippen LogP contribution in [0.25, 0.3) is 0 Å². The number of carbonyl (C=O) groups is 2. The monoisotopic (exact) mass is 292 g/mol. The summed E-state index contributed by atoms with van der Waals surface area (Å²) in [7, 11) is 0. The Morgan fingerprint density at radius 3 is 1.47 bits per heavy atom. The van der Waals surface area contributed by atoms with Crippen LogP contribution in [-0.4, -0.2) is 35.2 Å². The lowest BCUT2D eigenvalue weighted by Crippen LogP contribution is -2.64. The Labute approximate surface area is 92.5 Å². The molecule has 0 aromatic heterocycles. The minimum atomic E-state index is -6.83. The van der Waals surface area contributed by atoms with E-state index in [0.717, 1.165) is 0 Å². The average Bonchev–Trinajstić information content (AvgIpc) is 2.16. The molecule has 0 bridgehead atoms. The van der Waals surface area contributed by atoms with E-state index < -0.39 is 35.2 Å². The zero-order chi connectivity index (χ0) is 14.3. The molecule has 0 aliphatic rings. The van der Waals surface area contributed by atoms with Crippen LogP contribution >= 0.6 is 11.6 Å². The fraction of sp³-hybridized carbons (Fsp3) is 0.667. The molecule has 0 rings (SSSR count). The molecule has 0 N–H and O–H groups in total. The van der Waals surface area contributed by atoms with E-state index in [9.17, 15) is 44.7 Å². The van der Waals surface area contributed by atoms with Crippen LogP contribution < -0.4 is 0 Å². The van der Waals surface area contributed by atoms with Gasteiger partial charge < -0.3 is 0 Å². The molecule has 100 valence electrons. The van der Waals surface area contributed by atoms with Crippen LogP contribution in [0.1, 0.15) is 0 Å². The Morgan fingerprint density at radius 2 is 1.24 bits per heavy atom. The molecule has 0 heterocycles. The molecule has 0 amide bonds. The van der Waals surface area contributed by atoms with Crippen molar-refractivity contribution < 1.29 is 44.7 Å². The number of aldehydes is 1. The highest BCUT2D eigenvalue weighted by atomic mass is 35.5. The number of halogens is 9. The fourth-order valence-electron chi connectivity index (χ4n) is 0.604. The van der Waals surface area contributed by atoms with Gasteiger partial charge in [0.1, 0.15) is 0 Å². The summed E-state index contributed by atoms with van der Waals surface area (Å²) < 4.78 is 98.7. The molecule has 17 heavy (non-hydrogen) atoms. The lowest BCUT2D eigenvalue weighted by molar-refractivity contribution is -0.342. The summed E-state index contributed by atoms with van der Waals surface area (Å²) in [5.74, 6) is -26.0. The van der Waals surface area contributed by atoms with Gasteiger partial charge in [0.15, 0.2) is 6.29 Å². The Balaban J connectivity index is 5.77. The van der Waals surface area contributed by atoms with Crippen LogP contribution in [0.2, 0.25) is 0 Å². The minimum absolute atomic E-state index is 1.93. The second kappa shape index (κ2) is 4.07. The molecule has 0 fully saturated rings. The largest absolute Gasteiger partial charge is 0.388 e. The average molecular weight is 293 g/mol. The van der Waals surface area contributed by atoms with Gasteiger partial charge in [-0.25, -0.2) is 0 Å². The molecule has 0 aliphatic carbocycles. The smallest absolute Gasteiger partial charge is 0.296 e. The highest BCUT2D eigenvalue weighted by Crippen LogP contribution is 2.52. The summed E-state index contributed by atoms with van der Waals surface area (Å²) >= 11 is 3.92. The molecule has 0 saturated heterocycles. The van der Waals surface area contributed by atoms with E-state index in [1.54, 1.807) is 0 Å². The first-order chi connectivity index (χ1) is 7.25. The lowest BCUT2D eigenvalue weighted by atomic mass is 10.0. The first-order valence-electron chi connectivity index (χ1n) is 3.43. The highest BCUT2D eigenvalue weighted by Gasteiger charge is 2.82. The molecule has 11 heteroatoms. The van der Waals surface area contributed by atoms with Crippen molar-refractivity contribution in [3.05, 3.63) is 0 Å². The Kier molecular flexibility index (Phi) is 3.85. The van der Waals surface area contributed by atoms with Gasteiger partial charge in [0.05, 0.1) is 0 Å². The maximum atomic E-state index is 12.5. The normalized spacial score (nSPS) is 14.6. The Morgan fingerprint density at radius 1 is 0.882 bits per heavy atom.